The fraction of sp³-hybridized carbons (Fsp3) is 0.333. The summed E-state index contributed by atoms with van der Waals surface area (Å²) in [5, 5.41) is 0.609. The normalized spacial score (nSPS) is 19.1. The van der Waals surface area contributed by atoms with Gasteiger partial charge in [-0.15, -0.1) is 12.4 Å². The third-order valence-electron chi connectivity index (χ3n) is 2.19. The van der Waals surface area contributed by atoms with Gasteiger partial charge in [0.2, 0.25) is 0 Å². The maximum atomic E-state index is 5.89. The Hall–Kier alpha value is -0.640. The quantitative estimate of drug-likeness (QED) is 0.677. The number of ether oxygens (including phenoxy) is 1. The van der Waals surface area contributed by atoms with Crippen LogP contribution in [0.2, 0.25) is 5.02 Å². The molecule has 0 bridgehead atoms. The lowest BCUT2D eigenvalue weighted by Gasteiger charge is -2.24. The fourth-order valence-electron chi connectivity index (χ4n) is 1.52. The van der Waals surface area contributed by atoms with Crippen LogP contribution in [-0.2, 0) is 0 Å². The van der Waals surface area contributed by atoms with Gasteiger partial charge in [-0.3, -0.25) is 0 Å². The van der Waals surface area contributed by atoms with Crippen LogP contribution in [0.1, 0.15) is 18.0 Å². The Morgan fingerprint density at radius 2 is 2.14 bits per heavy atom. The minimum atomic E-state index is -0.00949. The zero-order valence-corrected chi connectivity index (χ0v) is 9.07. The third kappa shape index (κ3) is 1.90. The molecule has 1 atom stereocenters. The molecule has 1 aromatic rings. The van der Waals surface area contributed by atoms with Gasteiger partial charge in [0.25, 0.3) is 0 Å². The summed E-state index contributed by atoms with van der Waals surface area (Å²) in [6, 6.07) is 3.49. The van der Waals surface area contributed by atoms with Gasteiger partial charge in [0.1, 0.15) is 5.75 Å². The molecule has 0 fully saturated rings. The first-order valence-corrected chi connectivity index (χ1v) is 4.53. The number of halogens is 2. The molecule has 0 saturated heterocycles. The molecule has 5 heteroatoms. The highest BCUT2D eigenvalue weighted by atomic mass is 35.5. The second-order valence-corrected chi connectivity index (χ2v) is 3.59. The van der Waals surface area contributed by atoms with E-state index in [-0.39, 0.29) is 18.4 Å². The number of rotatable bonds is 0. The van der Waals surface area contributed by atoms with Crippen molar-refractivity contribution in [1.82, 2.24) is 0 Å². The zero-order valence-electron chi connectivity index (χ0n) is 7.50. The van der Waals surface area contributed by atoms with Crippen molar-refractivity contribution < 1.29 is 4.74 Å². The molecule has 14 heavy (non-hydrogen) atoms. The molecule has 4 N–H and O–H groups in total. The highest BCUT2D eigenvalue weighted by Crippen LogP contribution is 2.37. The molecule has 0 unspecified atom stereocenters. The van der Waals surface area contributed by atoms with Crippen LogP contribution in [0.15, 0.2) is 12.1 Å². The van der Waals surface area contributed by atoms with Gasteiger partial charge in [0.05, 0.1) is 12.3 Å². The van der Waals surface area contributed by atoms with Gasteiger partial charge in [0.15, 0.2) is 0 Å². The van der Waals surface area contributed by atoms with Crippen molar-refractivity contribution in [2.24, 2.45) is 5.73 Å². The van der Waals surface area contributed by atoms with Crippen molar-refractivity contribution in [3.63, 3.8) is 0 Å². The maximum absolute atomic E-state index is 5.89. The molecular formula is C9H12Cl2N2O. The second-order valence-electron chi connectivity index (χ2n) is 3.16. The summed E-state index contributed by atoms with van der Waals surface area (Å²) in [5.41, 5.74) is 13.1. The highest BCUT2D eigenvalue weighted by molar-refractivity contribution is 6.31. The summed E-state index contributed by atoms with van der Waals surface area (Å²) in [5.74, 6) is 0.697. The standard InChI is InChI=1S/C9H11ClN2O.ClH/c10-5-3-6-7(11)1-2-13-9(6)8(12)4-5;/h3-4,7H,1-2,11-12H2;1H/t7-;/m1./s1. The van der Waals surface area contributed by atoms with Crippen LogP contribution in [-0.4, -0.2) is 6.61 Å². The molecule has 2 rings (SSSR count). The summed E-state index contributed by atoms with van der Waals surface area (Å²) in [4.78, 5) is 0. The second kappa shape index (κ2) is 4.26. The van der Waals surface area contributed by atoms with Crippen LogP contribution in [0.25, 0.3) is 0 Å². The Balaban J connectivity index is 0.000000980. The van der Waals surface area contributed by atoms with Crippen LogP contribution in [0.3, 0.4) is 0 Å². The van der Waals surface area contributed by atoms with Crippen LogP contribution in [0.5, 0.6) is 5.75 Å². The lowest BCUT2D eigenvalue weighted by molar-refractivity contribution is 0.270. The molecule has 3 nitrogen and oxygen atoms in total. The number of hydrogen-bond donors (Lipinski definition) is 2. The van der Waals surface area contributed by atoms with Crippen molar-refractivity contribution in [3.8, 4) is 5.75 Å². The van der Waals surface area contributed by atoms with E-state index in [1.807, 2.05) is 6.07 Å². The molecule has 1 aliphatic heterocycles. The number of nitrogens with two attached hydrogens (primary N) is 2. The monoisotopic (exact) mass is 234 g/mol. The summed E-state index contributed by atoms with van der Waals surface area (Å²) < 4.78 is 5.42. The summed E-state index contributed by atoms with van der Waals surface area (Å²) in [6.45, 7) is 0.625. The minimum Gasteiger partial charge on any atom is -0.491 e. The number of fused-ring (bicyclic) bond motifs is 1. The molecule has 0 amide bonds. The van der Waals surface area contributed by atoms with Gasteiger partial charge in [-0.2, -0.15) is 0 Å². The van der Waals surface area contributed by atoms with Crippen LogP contribution < -0.4 is 16.2 Å². The van der Waals surface area contributed by atoms with E-state index in [9.17, 15) is 0 Å². The summed E-state index contributed by atoms with van der Waals surface area (Å²) in [7, 11) is 0. The van der Waals surface area contributed by atoms with Crippen LogP contribution >= 0.6 is 24.0 Å². The van der Waals surface area contributed by atoms with E-state index in [4.69, 9.17) is 27.8 Å². The molecule has 0 radical (unpaired) electrons. The first-order chi connectivity index (χ1) is 6.18. The van der Waals surface area contributed by atoms with E-state index in [0.29, 0.717) is 23.1 Å². The molecule has 0 aliphatic carbocycles. The van der Waals surface area contributed by atoms with Gasteiger partial charge < -0.3 is 16.2 Å². The molecule has 1 aromatic carbocycles. The predicted octanol–water partition coefficient (Wildman–Crippen LogP) is 2.13. The van der Waals surface area contributed by atoms with Crippen molar-refractivity contribution in [3.05, 3.63) is 22.7 Å². The average Bonchev–Trinajstić information content (AvgIpc) is 2.07. The number of benzene rings is 1. The lowest BCUT2D eigenvalue weighted by Crippen LogP contribution is -2.21. The van der Waals surface area contributed by atoms with E-state index in [0.717, 1.165) is 12.0 Å². The Morgan fingerprint density at radius 1 is 1.43 bits per heavy atom. The molecule has 1 aliphatic rings. The molecule has 0 saturated carbocycles. The summed E-state index contributed by atoms with van der Waals surface area (Å²) >= 11 is 5.86. The average molecular weight is 235 g/mol. The Kier molecular flexibility index (Phi) is 3.48. The van der Waals surface area contributed by atoms with E-state index >= 15 is 0 Å². The van der Waals surface area contributed by atoms with Crippen molar-refractivity contribution in [2.45, 2.75) is 12.5 Å². The van der Waals surface area contributed by atoms with Gasteiger partial charge in [-0.1, -0.05) is 11.6 Å². The van der Waals surface area contributed by atoms with Crippen molar-refractivity contribution in [1.29, 1.82) is 0 Å². The minimum absolute atomic E-state index is 0. The van der Waals surface area contributed by atoms with Gasteiger partial charge >= 0.3 is 0 Å². The van der Waals surface area contributed by atoms with Crippen molar-refractivity contribution in [2.75, 3.05) is 12.3 Å². The summed E-state index contributed by atoms with van der Waals surface area (Å²) in [6.07, 6.45) is 0.812. The van der Waals surface area contributed by atoms with E-state index in [1.54, 1.807) is 6.07 Å². The number of anilines is 1. The van der Waals surface area contributed by atoms with Crippen LogP contribution in [0.4, 0.5) is 5.69 Å². The Bertz CT molecular complexity index is 344. The van der Waals surface area contributed by atoms with Crippen LogP contribution in [0, 0.1) is 0 Å². The Labute approximate surface area is 93.8 Å². The first kappa shape index (κ1) is 11.4. The number of hydrogen-bond acceptors (Lipinski definition) is 3. The Morgan fingerprint density at radius 3 is 2.86 bits per heavy atom. The fourth-order valence-corrected chi connectivity index (χ4v) is 1.76. The molecular weight excluding hydrogens is 223 g/mol. The third-order valence-corrected chi connectivity index (χ3v) is 2.40. The smallest absolute Gasteiger partial charge is 0.147 e. The largest absolute Gasteiger partial charge is 0.491 e. The molecule has 78 valence electrons. The highest BCUT2D eigenvalue weighted by Gasteiger charge is 2.20. The maximum Gasteiger partial charge on any atom is 0.147 e. The topological polar surface area (TPSA) is 61.3 Å². The van der Waals surface area contributed by atoms with Gasteiger partial charge in [0, 0.05) is 23.0 Å². The SMILES string of the molecule is Cl.Nc1cc(Cl)cc2c1OCC[C@H]2N. The van der Waals surface area contributed by atoms with Crippen molar-refractivity contribution >= 4 is 29.7 Å². The molecule has 0 spiro atoms. The lowest BCUT2D eigenvalue weighted by atomic mass is 10.0. The predicted molar refractivity (Wildman–Crippen MR) is 60.2 cm³/mol. The van der Waals surface area contributed by atoms with Gasteiger partial charge in [-0.05, 0) is 12.1 Å². The van der Waals surface area contributed by atoms with Gasteiger partial charge in [-0.25, -0.2) is 0 Å². The zero-order chi connectivity index (χ0) is 9.42. The van der Waals surface area contributed by atoms with E-state index < -0.39 is 0 Å². The molecule has 0 aromatic heterocycles. The first-order valence-electron chi connectivity index (χ1n) is 4.16. The number of nitrogen functional groups attached to an aromatic ring is 1. The molecule has 1 heterocycles. The van der Waals surface area contributed by atoms with E-state index in [2.05, 4.69) is 0 Å². The van der Waals surface area contributed by atoms with E-state index in [1.165, 1.54) is 0 Å².